The van der Waals surface area contributed by atoms with E-state index in [1.165, 1.54) is 0 Å². The van der Waals surface area contributed by atoms with E-state index in [0.717, 1.165) is 35.7 Å². The Morgan fingerprint density at radius 3 is 2.95 bits per heavy atom. The zero-order valence-electron chi connectivity index (χ0n) is 11.6. The van der Waals surface area contributed by atoms with Gasteiger partial charge < -0.3 is 9.30 Å². The molecule has 0 N–H and O–H groups in total. The Labute approximate surface area is 112 Å². The Morgan fingerprint density at radius 1 is 1.37 bits per heavy atom. The van der Waals surface area contributed by atoms with Crippen molar-refractivity contribution in [1.29, 1.82) is 0 Å². The molecule has 0 amide bonds. The average molecular weight is 258 g/mol. The summed E-state index contributed by atoms with van der Waals surface area (Å²) < 4.78 is 8.07. The molecule has 5 heteroatoms. The molecule has 3 rings (SSSR count). The van der Waals surface area contributed by atoms with E-state index in [0.29, 0.717) is 6.61 Å². The van der Waals surface area contributed by atoms with Crippen molar-refractivity contribution in [2.24, 2.45) is 0 Å². The van der Waals surface area contributed by atoms with Crippen LogP contribution in [0.1, 0.15) is 36.1 Å². The highest BCUT2D eigenvalue weighted by Gasteiger charge is 2.38. The Hall–Kier alpha value is -1.75. The van der Waals surface area contributed by atoms with Crippen molar-refractivity contribution in [2.45, 2.75) is 45.9 Å². The van der Waals surface area contributed by atoms with E-state index < -0.39 is 0 Å². The molecule has 0 aliphatic carbocycles. The van der Waals surface area contributed by atoms with Crippen LogP contribution in [-0.4, -0.2) is 19.5 Å². The predicted octanol–water partition coefficient (Wildman–Crippen LogP) is 2.13. The molecule has 100 valence electrons. The van der Waals surface area contributed by atoms with Gasteiger partial charge in [0.15, 0.2) is 0 Å². The molecule has 19 heavy (non-hydrogen) atoms. The molecule has 0 fully saturated rings. The van der Waals surface area contributed by atoms with E-state index in [2.05, 4.69) is 26.4 Å². The number of nitrogens with zero attached hydrogens (tertiary/aromatic N) is 4. The minimum Gasteiger partial charge on any atom is -0.364 e. The third kappa shape index (κ3) is 2.14. The van der Waals surface area contributed by atoms with Gasteiger partial charge in [-0.3, -0.25) is 0 Å². The largest absolute Gasteiger partial charge is 0.364 e. The van der Waals surface area contributed by atoms with Gasteiger partial charge in [0.05, 0.1) is 18.6 Å². The van der Waals surface area contributed by atoms with Crippen LogP contribution in [0.2, 0.25) is 0 Å². The summed E-state index contributed by atoms with van der Waals surface area (Å²) in [6.45, 7) is 7.56. The molecule has 1 unspecified atom stereocenters. The average Bonchev–Trinajstić information content (AvgIpc) is 2.97. The van der Waals surface area contributed by atoms with Crippen LogP contribution >= 0.6 is 0 Å². The first-order chi connectivity index (χ1) is 9.08. The molecule has 0 spiro atoms. The fraction of sp³-hybridized carbons (Fsp3) is 0.500. The first-order valence-electron chi connectivity index (χ1n) is 6.53. The summed E-state index contributed by atoms with van der Waals surface area (Å²) in [5.41, 5.74) is 2.92. The van der Waals surface area contributed by atoms with Crippen LogP contribution in [0.3, 0.4) is 0 Å². The minimum absolute atomic E-state index is 0.321. The zero-order chi connectivity index (χ0) is 13.5. The van der Waals surface area contributed by atoms with E-state index in [4.69, 9.17) is 4.74 Å². The van der Waals surface area contributed by atoms with Crippen LogP contribution < -0.4 is 0 Å². The molecule has 5 nitrogen and oxygen atoms in total. The molecule has 2 aromatic rings. The molecular formula is C14H18N4O. The normalized spacial score (nSPS) is 21.6. The van der Waals surface area contributed by atoms with Gasteiger partial charge in [0.1, 0.15) is 11.4 Å². The van der Waals surface area contributed by atoms with Gasteiger partial charge in [-0.05, 0) is 27.2 Å². The van der Waals surface area contributed by atoms with Crippen molar-refractivity contribution >= 4 is 0 Å². The van der Waals surface area contributed by atoms with Crippen molar-refractivity contribution in [3.05, 3.63) is 41.5 Å². The number of hydrogen-bond acceptors (Lipinski definition) is 4. The summed E-state index contributed by atoms with van der Waals surface area (Å²) in [5, 5.41) is 0. The van der Waals surface area contributed by atoms with Crippen LogP contribution in [0, 0.1) is 13.8 Å². The van der Waals surface area contributed by atoms with Crippen molar-refractivity contribution in [1.82, 2.24) is 19.5 Å². The number of imidazole rings is 1. The van der Waals surface area contributed by atoms with Crippen LogP contribution in [0.5, 0.6) is 0 Å². The molecule has 1 atom stereocenters. The fourth-order valence-corrected chi connectivity index (χ4v) is 2.60. The molecule has 0 saturated carbocycles. The topological polar surface area (TPSA) is 52.8 Å². The maximum Gasteiger partial charge on any atom is 0.125 e. The Bertz CT molecular complexity index is 594. The van der Waals surface area contributed by atoms with Gasteiger partial charge in [0, 0.05) is 30.2 Å². The highest BCUT2D eigenvalue weighted by Crippen LogP contribution is 2.38. The van der Waals surface area contributed by atoms with Crippen molar-refractivity contribution in [3.8, 4) is 0 Å². The molecule has 0 aromatic carbocycles. The molecule has 1 aliphatic rings. The van der Waals surface area contributed by atoms with Gasteiger partial charge in [-0.2, -0.15) is 0 Å². The third-order valence-electron chi connectivity index (χ3n) is 3.77. The molecule has 2 aromatic heterocycles. The van der Waals surface area contributed by atoms with Crippen LogP contribution in [-0.2, 0) is 23.5 Å². The minimum atomic E-state index is -0.321. The van der Waals surface area contributed by atoms with Crippen LogP contribution in [0.4, 0.5) is 0 Å². The number of fused-ring (bicyclic) bond motifs is 1. The second-order valence-electron chi connectivity index (χ2n) is 5.25. The van der Waals surface area contributed by atoms with Gasteiger partial charge in [0.2, 0.25) is 0 Å². The maximum absolute atomic E-state index is 6.01. The van der Waals surface area contributed by atoms with E-state index in [1.807, 2.05) is 26.4 Å². The molecule has 0 bridgehead atoms. The summed E-state index contributed by atoms with van der Waals surface area (Å²) in [5.74, 6) is 0.815. The van der Waals surface area contributed by atoms with Gasteiger partial charge >= 0.3 is 0 Å². The summed E-state index contributed by atoms with van der Waals surface area (Å²) in [7, 11) is 0. The molecule has 3 heterocycles. The van der Waals surface area contributed by atoms with Gasteiger partial charge in [-0.25, -0.2) is 15.0 Å². The van der Waals surface area contributed by atoms with E-state index in [9.17, 15) is 0 Å². The van der Waals surface area contributed by atoms with Gasteiger partial charge in [0.25, 0.3) is 0 Å². The second kappa shape index (κ2) is 4.42. The summed E-state index contributed by atoms with van der Waals surface area (Å²) in [6.07, 6.45) is 6.47. The van der Waals surface area contributed by atoms with Gasteiger partial charge in [-0.15, -0.1) is 0 Å². The Morgan fingerprint density at radius 2 is 2.21 bits per heavy atom. The number of ether oxygens (including phenoxy) is 1. The Balaban J connectivity index is 1.87. The lowest BCUT2D eigenvalue weighted by molar-refractivity contribution is -0.0346. The molecular weight excluding hydrogens is 240 g/mol. The van der Waals surface area contributed by atoms with E-state index in [1.54, 1.807) is 6.20 Å². The van der Waals surface area contributed by atoms with E-state index in [-0.39, 0.29) is 5.60 Å². The maximum atomic E-state index is 6.01. The monoisotopic (exact) mass is 258 g/mol. The lowest BCUT2D eigenvalue weighted by atomic mass is 9.95. The standard InChI is InChI=1S/C14H18N4O/c1-10-12-8-19-14(3,13(12)17-11(2)16-10)4-6-18-7-5-15-9-18/h5,7,9H,4,6,8H2,1-3H3. The lowest BCUT2D eigenvalue weighted by Gasteiger charge is -2.24. The highest BCUT2D eigenvalue weighted by molar-refractivity contribution is 5.32. The van der Waals surface area contributed by atoms with Crippen molar-refractivity contribution in [2.75, 3.05) is 0 Å². The van der Waals surface area contributed by atoms with Crippen LogP contribution in [0.25, 0.3) is 0 Å². The first kappa shape index (κ1) is 12.3. The zero-order valence-corrected chi connectivity index (χ0v) is 11.6. The number of rotatable bonds is 3. The van der Waals surface area contributed by atoms with Crippen molar-refractivity contribution in [3.63, 3.8) is 0 Å². The SMILES string of the molecule is Cc1nc(C)c2c(n1)C(C)(CCn1ccnc1)OC2. The summed E-state index contributed by atoms with van der Waals surface area (Å²) in [4.78, 5) is 13.1. The first-order valence-corrected chi connectivity index (χ1v) is 6.53. The summed E-state index contributed by atoms with van der Waals surface area (Å²) in [6, 6.07) is 0. The highest BCUT2D eigenvalue weighted by atomic mass is 16.5. The van der Waals surface area contributed by atoms with E-state index >= 15 is 0 Å². The lowest BCUT2D eigenvalue weighted by Crippen LogP contribution is -2.24. The number of aromatic nitrogens is 4. The molecule has 0 saturated heterocycles. The van der Waals surface area contributed by atoms with Crippen LogP contribution in [0.15, 0.2) is 18.7 Å². The second-order valence-corrected chi connectivity index (χ2v) is 5.25. The smallest absolute Gasteiger partial charge is 0.125 e. The number of aryl methyl sites for hydroxylation is 3. The Kier molecular flexibility index (Phi) is 2.86. The quantitative estimate of drug-likeness (QED) is 0.846. The summed E-state index contributed by atoms with van der Waals surface area (Å²) >= 11 is 0. The number of hydrogen-bond donors (Lipinski definition) is 0. The predicted molar refractivity (Wildman–Crippen MR) is 70.5 cm³/mol. The fourth-order valence-electron chi connectivity index (χ4n) is 2.60. The molecule has 1 aliphatic heterocycles. The van der Waals surface area contributed by atoms with Gasteiger partial charge in [-0.1, -0.05) is 0 Å². The molecule has 0 radical (unpaired) electrons. The third-order valence-corrected chi connectivity index (χ3v) is 3.77. The van der Waals surface area contributed by atoms with Crippen molar-refractivity contribution < 1.29 is 4.74 Å².